The zero-order valence-electron chi connectivity index (χ0n) is 15.0. The van der Waals surface area contributed by atoms with E-state index in [4.69, 9.17) is 4.74 Å². The highest BCUT2D eigenvalue weighted by Crippen LogP contribution is 2.39. The van der Waals surface area contributed by atoms with Gasteiger partial charge in [-0.2, -0.15) is 0 Å². The molecule has 0 aliphatic heterocycles. The second-order valence-electron chi connectivity index (χ2n) is 7.42. The van der Waals surface area contributed by atoms with Gasteiger partial charge < -0.3 is 15.0 Å². The van der Waals surface area contributed by atoms with Crippen LogP contribution in [0.4, 0.5) is 4.79 Å². The fourth-order valence-corrected chi connectivity index (χ4v) is 3.62. The minimum atomic E-state index is 0.0942. The third-order valence-electron chi connectivity index (χ3n) is 5.47. The van der Waals surface area contributed by atoms with Gasteiger partial charge in [-0.25, -0.2) is 4.79 Å². The molecule has 25 heavy (non-hydrogen) atoms. The second kappa shape index (κ2) is 6.58. The number of hydrogen-bond acceptors (Lipinski definition) is 2. The van der Waals surface area contributed by atoms with E-state index in [2.05, 4.69) is 41.4 Å². The van der Waals surface area contributed by atoms with E-state index in [0.717, 1.165) is 34.9 Å². The molecule has 0 spiro atoms. The monoisotopic (exact) mass is 338 g/mol. The van der Waals surface area contributed by atoms with E-state index in [-0.39, 0.29) is 6.03 Å². The predicted molar refractivity (Wildman–Crippen MR) is 99.8 cm³/mol. The number of methoxy groups -OCH3 is 1. The second-order valence-corrected chi connectivity index (χ2v) is 7.42. The van der Waals surface area contributed by atoms with E-state index in [1.807, 2.05) is 12.1 Å². The SMILES string of the molecule is COc1ccc2cc(CNC(=O)N(C3CC3)[C@@H](C)C3CC3)ccc2c1. The highest BCUT2D eigenvalue weighted by atomic mass is 16.5. The Kier molecular flexibility index (Phi) is 4.28. The maximum atomic E-state index is 12.7. The number of nitrogens with one attached hydrogen (secondary N) is 1. The van der Waals surface area contributed by atoms with Crippen LogP contribution in [0, 0.1) is 5.92 Å². The van der Waals surface area contributed by atoms with E-state index < -0.39 is 0 Å². The lowest BCUT2D eigenvalue weighted by Crippen LogP contribution is -2.47. The summed E-state index contributed by atoms with van der Waals surface area (Å²) in [7, 11) is 1.68. The van der Waals surface area contributed by atoms with Crippen LogP contribution in [0.3, 0.4) is 0 Å². The molecule has 0 unspecified atom stereocenters. The first kappa shape index (κ1) is 16.2. The molecule has 0 bridgehead atoms. The summed E-state index contributed by atoms with van der Waals surface area (Å²) < 4.78 is 5.27. The number of ether oxygens (including phenoxy) is 1. The third-order valence-corrected chi connectivity index (χ3v) is 5.47. The smallest absolute Gasteiger partial charge is 0.318 e. The van der Waals surface area contributed by atoms with Gasteiger partial charge in [-0.05, 0) is 73.1 Å². The van der Waals surface area contributed by atoms with Gasteiger partial charge in [-0.15, -0.1) is 0 Å². The number of urea groups is 1. The largest absolute Gasteiger partial charge is 0.497 e. The summed E-state index contributed by atoms with van der Waals surface area (Å²) in [5.41, 5.74) is 1.13. The van der Waals surface area contributed by atoms with E-state index in [9.17, 15) is 4.79 Å². The van der Waals surface area contributed by atoms with E-state index in [1.165, 1.54) is 12.8 Å². The molecule has 2 aromatic carbocycles. The maximum Gasteiger partial charge on any atom is 0.318 e. The summed E-state index contributed by atoms with van der Waals surface area (Å²) in [6.45, 7) is 2.78. The highest BCUT2D eigenvalue weighted by Gasteiger charge is 2.41. The van der Waals surface area contributed by atoms with Crippen molar-refractivity contribution >= 4 is 16.8 Å². The van der Waals surface area contributed by atoms with E-state index in [1.54, 1.807) is 7.11 Å². The summed E-state index contributed by atoms with van der Waals surface area (Å²) in [5, 5.41) is 5.45. The molecule has 1 atom stereocenters. The van der Waals surface area contributed by atoms with Gasteiger partial charge >= 0.3 is 6.03 Å². The topological polar surface area (TPSA) is 41.6 Å². The van der Waals surface area contributed by atoms with Gasteiger partial charge in [-0.1, -0.05) is 18.2 Å². The quantitative estimate of drug-likeness (QED) is 0.852. The van der Waals surface area contributed by atoms with Crippen LogP contribution in [-0.4, -0.2) is 30.1 Å². The minimum Gasteiger partial charge on any atom is -0.497 e. The van der Waals surface area contributed by atoms with Crippen LogP contribution in [-0.2, 0) is 6.54 Å². The van der Waals surface area contributed by atoms with Crippen LogP contribution in [0.25, 0.3) is 10.8 Å². The molecule has 2 saturated carbocycles. The predicted octanol–water partition coefficient (Wildman–Crippen LogP) is 4.32. The number of hydrogen-bond donors (Lipinski definition) is 1. The first-order valence-electron chi connectivity index (χ1n) is 9.28. The van der Waals surface area contributed by atoms with Gasteiger partial charge in [0.1, 0.15) is 5.75 Å². The molecule has 2 aliphatic carbocycles. The number of carbonyl (C=O) groups excluding carboxylic acids is 1. The fourth-order valence-electron chi connectivity index (χ4n) is 3.62. The average molecular weight is 338 g/mol. The Balaban J connectivity index is 1.43. The Morgan fingerprint density at radius 2 is 1.88 bits per heavy atom. The summed E-state index contributed by atoms with van der Waals surface area (Å²) >= 11 is 0. The fraction of sp³-hybridized carbons (Fsp3) is 0.476. The Morgan fingerprint density at radius 3 is 2.56 bits per heavy atom. The molecule has 4 rings (SSSR count). The molecule has 0 heterocycles. The Morgan fingerprint density at radius 1 is 1.16 bits per heavy atom. The Labute approximate surface area is 149 Å². The van der Waals surface area contributed by atoms with Gasteiger partial charge in [0.25, 0.3) is 0 Å². The normalized spacial score (nSPS) is 18.0. The average Bonchev–Trinajstić information content (AvgIpc) is 3.52. The Bertz CT molecular complexity index is 781. The molecule has 0 radical (unpaired) electrons. The van der Waals surface area contributed by atoms with Gasteiger partial charge in [0, 0.05) is 18.6 Å². The van der Waals surface area contributed by atoms with Crippen molar-refractivity contribution in [3.05, 3.63) is 42.0 Å². The van der Waals surface area contributed by atoms with Crippen molar-refractivity contribution in [1.82, 2.24) is 10.2 Å². The third kappa shape index (κ3) is 3.58. The summed E-state index contributed by atoms with van der Waals surface area (Å²) in [5.74, 6) is 1.57. The molecule has 1 N–H and O–H groups in total. The van der Waals surface area contributed by atoms with Crippen molar-refractivity contribution in [2.24, 2.45) is 5.92 Å². The number of carbonyl (C=O) groups is 1. The van der Waals surface area contributed by atoms with Crippen molar-refractivity contribution in [1.29, 1.82) is 0 Å². The lowest BCUT2D eigenvalue weighted by Gasteiger charge is -2.29. The maximum absolute atomic E-state index is 12.7. The number of rotatable bonds is 6. The molecule has 2 aliphatic rings. The van der Waals surface area contributed by atoms with Crippen LogP contribution < -0.4 is 10.1 Å². The van der Waals surface area contributed by atoms with Gasteiger partial charge in [0.2, 0.25) is 0 Å². The summed E-state index contributed by atoms with van der Waals surface area (Å²) in [4.78, 5) is 14.8. The summed E-state index contributed by atoms with van der Waals surface area (Å²) in [6.07, 6.45) is 4.85. The van der Waals surface area contributed by atoms with Crippen molar-refractivity contribution in [2.45, 2.75) is 51.2 Å². The van der Waals surface area contributed by atoms with Gasteiger partial charge in [-0.3, -0.25) is 0 Å². The van der Waals surface area contributed by atoms with Crippen molar-refractivity contribution in [3.63, 3.8) is 0 Å². The lowest BCUT2D eigenvalue weighted by atomic mass is 10.1. The van der Waals surface area contributed by atoms with Gasteiger partial charge in [0.15, 0.2) is 0 Å². The Hall–Kier alpha value is -2.23. The first-order chi connectivity index (χ1) is 12.2. The molecular formula is C21H26N2O2. The van der Waals surface area contributed by atoms with Crippen LogP contribution in [0.2, 0.25) is 0 Å². The van der Waals surface area contributed by atoms with Crippen molar-refractivity contribution in [3.8, 4) is 5.75 Å². The zero-order valence-corrected chi connectivity index (χ0v) is 15.0. The molecule has 2 fully saturated rings. The molecular weight excluding hydrogens is 312 g/mol. The van der Waals surface area contributed by atoms with Crippen LogP contribution in [0.5, 0.6) is 5.75 Å². The number of amides is 2. The number of benzene rings is 2. The molecule has 2 aromatic rings. The van der Waals surface area contributed by atoms with Crippen LogP contribution >= 0.6 is 0 Å². The molecule has 0 aromatic heterocycles. The number of fused-ring (bicyclic) bond motifs is 1. The van der Waals surface area contributed by atoms with E-state index >= 15 is 0 Å². The van der Waals surface area contributed by atoms with Crippen LogP contribution in [0.15, 0.2) is 36.4 Å². The van der Waals surface area contributed by atoms with Crippen molar-refractivity contribution < 1.29 is 9.53 Å². The molecule has 2 amide bonds. The standard InChI is InChI=1S/C21H26N2O2/c1-14(16-5-6-16)23(19-8-9-19)21(24)22-13-15-3-4-18-12-20(25-2)10-7-17(18)11-15/h3-4,7,10-12,14,16,19H,5-6,8-9,13H2,1-2H3,(H,22,24)/t14-/m0/s1. The first-order valence-corrected chi connectivity index (χ1v) is 9.28. The highest BCUT2D eigenvalue weighted by molar-refractivity contribution is 5.84. The van der Waals surface area contributed by atoms with Crippen LogP contribution in [0.1, 0.15) is 38.2 Å². The summed E-state index contributed by atoms with van der Waals surface area (Å²) in [6, 6.07) is 13.3. The minimum absolute atomic E-state index is 0.0942. The number of nitrogens with zero attached hydrogens (tertiary/aromatic N) is 1. The molecule has 132 valence electrons. The van der Waals surface area contributed by atoms with E-state index in [0.29, 0.717) is 24.5 Å². The zero-order chi connectivity index (χ0) is 17.4. The molecule has 4 heteroatoms. The lowest BCUT2D eigenvalue weighted by molar-refractivity contribution is 0.166. The van der Waals surface area contributed by atoms with Crippen molar-refractivity contribution in [2.75, 3.05) is 7.11 Å². The molecule has 0 saturated heterocycles. The molecule has 4 nitrogen and oxygen atoms in total. The van der Waals surface area contributed by atoms with Gasteiger partial charge in [0.05, 0.1) is 7.11 Å².